The van der Waals surface area contributed by atoms with E-state index < -0.39 is 52.8 Å². The molecule has 15 nitrogen and oxygen atoms in total. The molecule has 2 spiro atoms. The van der Waals surface area contributed by atoms with E-state index in [9.17, 15) is 24.0 Å². The van der Waals surface area contributed by atoms with E-state index in [0.29, 0.717) is 68.1 Å². The number of carbonyl (C=O) groups excluding carboxylic acids is 5. The number of rotatable bonds is 8. The van der Waals surface area contributed by atoms with Crippen molar-refractivity contribution in [3.8, 4) is 34.5 Å². The van der Waals surface area contributed by atoms with E-state index in [1.54, 1.807) is 60.7 Å². The monoisotopic (exact) mass is 816 g/mol. The Balaban J connectivity index is 0.930. The highest BCUT2D eigenvalue weighted by atomic mass is 16.8. The minimum atomic E-state index is -1.58. The van der Waals surface area contributed by atoms with Gasteiger partial charge in [0.25, 0.3) is 0 Å². The Hall–Kier alpha value is -6.77. The van der Waals surface area contributed by atoms with Gasteiger partial charge >= 0.3 is 18.1 Å². The number of hydrogen-bond donors (Lipinski definition) is 0. The van der Waals surface area contributed by atoms with E-state index in [0.717, 1.165) is 0 Å². The Labute approximate surface area is 343 Å². The maximum absolute atomic E-state index is 14.9. The minimum Gasteiger partial charge on any atom is -0.491 e. The number of carbonyl (C=O) groups is 5. The van der Waals surface area contributed by atoms with Crippen LogP contribution in [-0.4, -0.2) is 68.8 Å². The van der Waals surface area contributed by atoms with Gasteiger partial charge in [-0.15, -0.1) is 0 Å². The lowest BCUT2D eigenvalue weighted by molar-refractivity contribution is -0.150. The number of benzene rings is 4. The highest BCUT2D eigenvalue weighted by molar-refractivity contribution is 6.16. The molecule has 0 aliphatic carbocycles. The van der Waals surface area contributed by atoms with Crippen LogP contribution in [0.1, 0.15) is 62.8 Å². The highest BCUT2D eigenvalue weighted by Crippen LogP contribution is 2.57. The lowest BCUT2D eigenvalue weighted by Gasteiger charge is -2.30. The molecule has 6 aliphatic heterocycles. The Bertz CT molecular complexity index is 2360. The number of ether oxygens (including phenoxy) is 8. The molecular formula is C45H40N2O13. The number of nitrogens with zero attached hydrogens (tertiary/aromatic N) is 2. The number of para-hydroxylation sites is 2. The van der Waals surface area contributed by atoms with Crippen LogP contribution in [0.4, 0.5) is 16.2 Å². The number of fused-ring (bicyclic) bond motifs is 10. The summed E-state index contributed by atoms with van der Waals surface area (Å²) in [5.41, 5.74) is 0.570. The molecule has 0 bridgehead atoms. The largest absolute Gasteiger partial charge is 0.524 e. The maximum Gasteiger partial charge on any atom is 0.524 e. The molecule has 60 heavy (non-hydrogen) atoms. The molecule has 6 heterocycles. The lowest BCUT2D eigenvalue weighted by atomic mass is 9.77. The third-order valence-electron chi connectivity index (χ3n) is 12.1. The molecule has 10 rings (SSSR count). The van der Waals surface area contributed by atoms with E-state index in [1.807, 2.05) is 39.8 Å². The van der Waals surface area contributed by atoms with Gasteiger partial charge in [0.2, 0.25) is 25.4 Å². The average molecular weight is 817 g/mol. The molecule has 4 unspecified atom stereocenters. The summed E-state index contributed by atoms with van der Waals surface area (Å²) in [6.45, 7) is 7.45. The van der Waals surface area contributed by atoms with Crippen LogP contribution in [0.2, 0.25) is 0 Å². The van der Waals surface area contributed by atoms with E-state index in [-0.39, 0.29) is 51.5 Å². The van der Waals surface area contributed by atoms with Crippen molar-refractivity contribution in [1.82, 2.24) is 0 Å². The van der Waals surface area contributed by atoms with Gasteiger partial charge in [0.1, 0.15) is 47.6 Å². The molecule has 15 heteroatoms. The smallest absolute Gasteiger partial charge is 0.491 e. The van der Waals surface area contributed by atoms with Gasteiger partial charge in [-0.3, -0.25) is 19.4 Å². The van der Waals surface area contributed by atoms with E-state index >= 15 is 0 Å². The second-order valence-corrected chi connectivity index (χ2v) is 16.6. The Morgan fingerprint density at radius 3 is 1.33 bits per heavy atom. The zero-order valence-electron chi connectivity index (χ0n) is 33.2. The van der Waals surface area contributed by atoms with Gasteiger partial charge in [0, 0.05) is 34.6 Å². The summed E-state index contributed by atoms with van der Waals surface area (Å²) in [5, 5.41) is 0. The first kappa shape index (κ1) is 37.5. The van der Waals surface area contributed by atoms with E-state index in [4.69, 9.17) is 37.9 Å². The predicted molar refractivity (Wildman–Crippen MR) is 210 cm³/mol. The molecule has 6 aliphatic rings. The Morgan fingerprint density at radius 2 is 0.933 bits per heavy atom. The van der Waals surface area contributed by atoms with Crippen LogP contribution in [0.5, 0.6) is 34.5 Å². The van der Waals surface area contributed by atoms with Gasteiger partial charge in [-0.1, -0.05) is 64.1 Å². The summed E-state index contributed by atoms with van der Waals surface area (Å²) >= 11 is 0. The highest BCUT2D eigenvalue weighted by Gasteiger charge is 2.61. The molecule has 0 N–H and O–H groups in total. The van der Waals surface area contributed by atoms with E-state index in [1.165, 1.54) is 9.80 Å². The Morgan fingerprint density at radius 1 is 0.550 bits per heavy atom. The second-order valence-electron chi connectivity index (χ2n) is 16.6. The zero-order valence-corrected chi connectivity index (χ0v) is 33.2. The summed E-state index contributed by atoms with van der Waals surface area (Å²) < 4.78 is 45.2. The van der Waals surface area contributed by atoms with Crippen molar-refractivity contribution in [2.75, 3.05) is 36.6 Å². The summed E-state index contributed by atoms with van der Waals surface area (Å²) in [6.07, 6.45) is -1.38. The third-order valence-corrected chi connectivity index (χ3v) is 12.1. The fourth-order valence-electron chi connectivity index (χ4n) is 9.48. The van der Waals surface area contributed by atoms with Gasteiger partial charge in [-0.2, -0.15) is 0 Å². The van der Waals surface area contributed by atoms with Crippen LogP contribution in [0, 0.1) is 11.8 Å². The predicted octanol–water partition coefficient (Wildman–Crippen LogP) is 5.93. The normalized spacial score (nSPS) is 21.8. The van der Waals surface area contributed by atoms with Gasteiger partial charge < -0.3 is 37.9 Å². The van der Waals surface area contributed by atoms with Crippen LogP contribution >= 0.6 is 0 Å². The molecule has 4 aromatic rings. The first-order valence-corrected chi connectivity index (χ1v) is 19.9. The first-order valence-electron chi connectivity index (χ1n) is 19.9. The number of anilines is 2. The van der Waals surface area contributed by atoms with E-state index in [2.05, 4.69) is 0 Å². The van der Waals surface area contributed by atoms with Gasteiger partial charge in [0.05, 0.1) is 0 Å². The molecule has 0 saturated carbocycles. The standard InChI is InChI=1S/C45H40N2O13/c1-23(2)13-31(46-29-11-7-5-9-25(29)44(41(46)50)19-53-33-17-37-35(15-27(33)44)55-21-57-37)39(48)59-43(52)60-40(49)32(14-24(3)4)47-30-12-8-6-10-26(30)45(42(47)51)20-54-34-18-38-36(16-28(34)45)56-22-58-38/h5-12,15-18,23-24,31-32H,13-14,19-22H2,1-4H3. The lowest BCUT2D eigenvalue weighted by Crippen LogP contribution is -2.52. The number of esters is 2. The second kappa shape index (κ2) is 13.6. The summed E-state index contributed by atoms with van der Waals surface area (Å²) in [4.78, 5) is 74.5. The molecule has 0 saturated heterocycles. The first-order chi connectivity index (χ1) is 28.9. The maximum atomic E-state index is 14.9. The molecule has 308 valence electrons. The summed E-state index contributed by atoms with van der Waals surface area (Å²) in [7, 11) is 0. The molecule has 4 atom stereocenters. The number of hydrogen-bond acceptors (Lipinski definition) is 13. The molecule has 4 aromatic carbocycles. The van der Waals surface area contributed by atoms with Crippen molar-refractivity contribution < 1.29 is 61.9 Å². The van der Waals surface area contributed by atoms with Crippen molar-refractivity contribution in [1.29, 1.82) is 0 Å². The summed E-state index contributed by atoms with van der Waals surface area (Å²) in [5.74, 6) is -0.555. The van der Waals surface area contributed by atoms with Gasteiger partial charge in [0.15, 0.2) is 23.0 Å². The summed E-state index contributed by atoms with van der Waals surface area (Å²) in [6, 6.07) is 18.4. The minimum absolute atomic E-state index is 0.0282. The fourth-order valence-corrected chi connectivity index (χ4v) is 9.48. The molecule has 0 aromatic heterocycles. The average Bonchev–Trinajstić information content (AvgIpc) is 4.08. The fraction of sp³-hybridized carbons (Fsp3) is 0.356. The van der Waals surface area contributed by atoms with Crippen molar-refractivity contribution in [3.63, 3.8) is 0 Å². The van der Waals surface area contributed by atoms with Crippen LogP contribution < -0.4 is 38.2 Å². The zero-order chi connectivity index (χ0) is 41.7. The Kier molecular flexibility index (Phi) is 8.53. The molecular weight excluding hydrogens is 776 g/mol. The van der Waals surface area contributed by atoms with Crippen LogP contribution in [0.3, 0.4) is 0 Å². The quantitative estimate of drug-likeness (QED) is 0.152. The van der Waals surface area contributed by atoms with Crippen molar-refractivity contribution in [3.05, 3.63) is 95.1 Å². The van der Waals surface area contributed by atoms with Crippen molar-refractivity contribution in [2.24, 2.45) is 11.8 Å². The molecule has 0 fully saturated rings. The SMILES string of the molecule is CC(C)CC(C(=O)OC(=O)OC(=O)C(CC(C)C)N1C(=O)C2(COc3cc4c(cc32)OCO4)c2ccccc21)N1C(=O)C2(COc3cc4c(cc32)OCO4)c2ccccc21. The van der Waals surface area contributed by atoms with Gasteiger partial charge in [-0.25, -0.2) is 14.4 Å². The number of amides is 2. The van der Waals surface area contributed by atoms with Crippen LogP contribution in [0.25, 0.3) is 0 Å². The van der Waals surface area contributed by atoms with Gasteiger partial charge in [-0.05, 0) is 60.1 Å². The molecule has 0 radical (unpaired) electrons. The van der Waals surface area contributed by atoms with Crippen molar-refractivity contribution in [2.45, 2.75) is 63.5 Å². The molecule has 2 amide bonds. The third kappa shape index (κ3) is 5.36. The van der Waals surface area contributed by atoms with Crippen molar-refractivity contribution >= 4 is 41.3 Å². The van der Waals surface area contributed by atoms with Crippen LogP contribution in [0.15, 0.2) is 72.8 Å². The van der Waals surface area contributed by atoms with Crippen LogP contribution in [-0.2, 0) is 39.5 Å². The topological polar surface area (TPSA) is 166 Å².